The topological polar surface area (TPSA) is 68.7 Å². The predicted molar refractivity (Wildman–Crippen MR) is 96.9 cm³/mol. The summed E-state index contributed by atoms with van der Waals surface area (Å²) >= 11 is 0. The van der Waals surface area contributed by atoms with Crippen LogP contribution in [-0.2, 0) is 4.79 Å². The van der Waals surface area contributed by atoms with Crippen molar-refractivity contribution in [3.63, 3.8) is 0 Å². The van der Waals surface area contributed by atoms with Crippen LogP contribution in [0.5, 0.6) is 17.2 Å². The molecule has 5 heteroatoms. The lowest BCUT2D eigenvalue weighted by Crippen LogP contribution is -2.16. The first-order chi connectivity index (χ1) is 12.6. The van der Waals surface area contributed by atoms with Crippen molar-refractivity contribution in [3.05, 3.63) is 96.8 Å². The average molecular weight is 347 g/mol. The number of aliphatic hydroxyl groups excluding tert-OH is 1. The molecule has 1 unspecified atom stereocenters. The van der Waals surface area contributed by atoms with E-state index in [1.54, 1.807) is 42.6 Å². The molecule has 1 aromatic heterocycles. The van der Waals surface area contributed by atoms with Gasteiger partial charge in [-0.3, -0.25) is 4.98 Å². The lowest BCUT2D eigenvalue weighted by Gasteiger charge is -2.13. The molecule has 0 fully saturated rings. The van der Waals surface area contributed by atoms with Crippen LogP contribution >= 0.6 is 0 Å². The number of aromatic nitrogens is 1. The summed E-state index contributed by atoms with van der Waals surface area (Å²) in [4.78, 5) is 16.1. The van der Waals surface area contributed by atoms with Gasteiger partial charge in [0.1, 0.15) is 23.4 Å². The third kappa shape index (κ3) is 4.34. The van der Waals surface area contributed by atoms with Crippen LogP contribution in [-0.4, -0.2) is 16.1 Å². The normalized spacial score (nSPS) is 11.4. The molecule has 3 rings (SSSR count). The lowest BCUT2D eigenvalue weighted by atomic mass is 10.1. The number of carbonyl (C=O) groups is 1. The minimum absolute atomic E-state index is 0.0670. The number of carbonyl (C=O) groups excluding carboxylic acids is 1. The van der Waals surface area contributed by atoms with E-state index in [-0.39, 0.29) is 5.57 Å². The molecule has 0 saturated heterocycles. The number of rotatable bonds is 6. The van der Waals surface area contributed by atoms with E-state index in [2.05, 4.69) is 11.6 Å². The second-order valence-electron chi connectivity index (χ2n) is 5.49. The highest BCUT2D eigenvalue weighted by Crippen LogP contribution is 2.25. The highest BCUT2D eigenvalue weighted by atomic mass is 16.5. The van der Waals surface area contributed by atoms with E-state index in [0.717, 1.165) is 0 Å². The molecule has 0 bridgehead atoms. The van der Waals surface area contributed by atoms with Crippen molar-refractivity contribution in [3.8, 4) is 17.2 Å². The monoisotopic (exact) mass is 347 g/mol. The SMILES string of the molecule is C=C(C(=O)Oc1ccc(Oc2ccccc2)cc1)C(O)c1cccnc1. The van der Waals surface area contributed by atoms with Gasteiger partial charge in [0.05, 0.1) is 5.57 Å². The zero-order valence-electron chi connectivity index (χ0n) is 13.9. The summed E-state index contributed by atoms with van der Waals surface area (Å²) in [6, 6.07) is 19.3. The van der Waals surface area contributed by atoms with Gasteiger partial charge in [-0.15, -0.1) is 0 Å². The van der Waals surface area contributed by atoms with Crippen molar-refractivity contribution >= 4 is 5.97 Å². The van der Waals surface area contributed by atoms with Gasteiger partial charge in [-0.2, -0.15) is 0 Å². The molecule has 1 atom stereocenters. The zero-order chi connectivity index (χ0) is 18.4. The molecule has 0 saturated carbocycles. The smallest absolute Gasteiger partial charge is 0.341 e. The summed E-state index contributed by atoms with van der Waals surface area (Å²) in [6.07, 6.45) is 1.88. The van der Waals surface area contributed by atoms with Gasteiger partial charge >= 0.3 is 5.97 Å². The molecular weight excluding hydrogens is 330 g/mol. The number of benzene rings is 2. The molecule has 0 aliphatic rings. The van der Waals surface area contributed by atoms with Crippen molar-refractivity contribution in [2.24, 2.45) is 0 Å². The van der Waals surface area contributed by atoms with Crippen LogP contribution < -0.4 is 9.47 Å². The summed E-state index contributed by atoms with van der Waals surface area (Å²) in [6.45, 7) is 3.62. The van der Waals surface area contributed by atoms with E-state index in [9.17, 15) is 9.90 Å². The highest BCUT2D eigenvalue weighted by Gasteiger charge is 2.20. The maximum absolute atomic E-state index is 12.2. The molecule has 0 radical (unpaired) electrons. The highest BCUT2D eigenvalue weighted by molar-refractivity contribution is 5.90. The first-order valence-corrected chi connectivity index (χ1v) is 7.95. The van der Waals surface area contributed by atoms with Gasteiger partial charge in [0.25, 0.3) is 0 Å². The maximum Gasteiger partial charge on any atom is 0.341 e. The van der Waals surface area contributed by atoms with Gasteiger partial charge in [0.2, 0.25) is 0 Å². The van der Waals surface area contributed by atoms with Crippen LogP contribution in [0.15, 0.2) is 91.3 Å². The Balaban J connectivity index is 1.61. The number of hydrogen-bond donors (Lipinski definition) is 1. The Morgan fingerprint density at radius 1 is 0.923 bits per heavy atom. The van der Waals surface area contributed by atoms with Crippen LogP contribution in [0.1, 0.15) is 11.7 Å². The van der Waals surface area contributed by atoms with E-state index in [1.165, 1.54) is 6.20 Å². The molecule has 0 spiro atoms. The van der Waals surface area contributed by atoms with E-state index >= 15 is 0 Å². The molecule has 130 valence electrons. The van der Waals surface area contributed by atoms with E-state index < -0.39 is 12.1 Å². The van der Waals surface area contributed by atoms with E-state index in [4.69, 9.17) is 9.47 Å². The molecule has 1 N–H and O–H groups in total. The number of para-hydroxylation sites is 1. The van der Waals surface area contributed by atoms with E-state index in [1.807, 2.05) is 30.3 Å². The molecule has 2 aromatic carbocycles. The van der Waals surface area contributed by atoms with Gasteiger partial charge in [0.15, 0.2) is 0 Å². The number of nitrogens with zero attached hydrogens (tertiary/aromatic N) is 1. The van der Waals surface area contributed by atoms with Crippen LogP contribution in [0.3, 0.4) is 0 Å². The average Bonchev–Trinajstić information content (AvgIpc) is 2.70. The summed E-state index contributed by atoms with van der Waals surface area (Å²) in [5.41, 5.74) is 0.406. The van der Waals surface area contributed by atoms with Gasteiger partial charge in [-0.1, -0.05) is 30.8 Å². The summed E-state index contributed by atoms with van der Waals surface area (Å²) in [5.74, 6) is 0.948. The van der Waals surface area contributed by atoms with E-state index in [0.29, 0.717) is 22.8 Å². The number of hydrogen-bond acceptors (Lipinski definition) is 5. The van der Waals surface area contributed by atoms with Crippen LogP contribution in [0.4, 0.5) is 0 Å². The minimum Gasteiger partial charge on any atom is -0.457 e. The Kier molecular flexibility index (Phi) is 5.41. The first kappa shape index (κ1) is 17.4. The minimum atomic E-state index is -1.17. The van der Waals surface area contributed by atoms with Gasteiger partial charge < -0.3 is 14.6 Å². The molecule has 3 aromatic rings. The van der Waals surface area contributed by atoms with Crippen molar-refractivity contribution in [1.82, 2.24) is 4.98 Å². The van der Waals surface area contributed by atoms with Crippen LogP contribution in [0.2, 0.25) is 0 Å². The van der Waals surface area contributed by atoms with Gasteiger partial charge in [-0.25, -0.2) is 4.79 Å². The number of aliphatic hydroxyl groups is 1. The largest absolute Gasteiger partial charge is 0.457 e. The molecule has 0 aliphatic heterocycles. The Morgan fingerprint density at radius 2 is 1.58 bits per heavy atom. The van der Waals surface area contributed by atoms with Gasteiger partial charge in [-0.05, 0) is 42.5 Å². The molecule has 0 aliphatic carbocycles. The summed E-state index contributed by atoms with van der Waals surface area (Å²) in [7, 11) is 0. The first-order valence-electron chi connectivity index (χ1n) is 7.95. The lowest BCUT2D eigenvalue weighted by molar-refractivity contribution is -0.131. The second-order valence-corrected chi connectivity index (χ2v) is 5.49. The Labute approximate surface area is 151 Å². The maximum atomic E-state index is 12.2. The Hall–Kier alpha value is -3.44. The van der Waals surface area contributed by atoms with Gasteiger partial charge in [0, 0.05) is 18.0 Å². The summed E-state index contributed by atoms with van der Waals surface area (Å²) in [5, 5.41) is 10.2. The van der Waals surface area contributed by atoms with Crippen molar-refractivity contribution in [2.45, 2.75) is 6.10 Å². The molecule has 5 nitrogen and oxygen atoms in total. The third-order valence-electron chi connectivity index (χ3n) is 3.61. The predicted octanol–water partition coefficient (Wildman–Crippen LogP) is 4.07. The second kappa shape index (κ2) is 8.09. The standard InChI is InChI=1S/C21H17NO4/c1-15(20(23)16-6-5-13-22-14-16)21(24)26-19-11-9-18(10-12-19)25-17-7-3-2-4-8-17/h2-14,20,23H,1H2. The number of pyridine rings is 1. The van der Waals surface area contributed by atoms with Crippen LogP contribution in [0, 0.1) is 0 Å². The van der Waals surface area contributed by atoms with Crippen molar-refractivity contribution in [2.75, 3.05) is 0 Å². The zero-order valence-corrected chi connectivity index (χ0v) is 13.9. The fraction of sp³-hybridized carbons (Fsp3) is 0.0476. The fourth-order valence-electron chi connectivity index (χ4n) is 2.22. The Morgan fingerprint density at radius 3 is 2.23 bits per heavy atom. The molecule has 0 amide bonds. The fourth-order valence-corrected chi connectivity index (χ4v) is 2.22. The quantitative estimate of drug-likeness (QED) is 0.413. The van der Waals surface area contributed by atoms with Crippen molar-refractivity contribution < 1.29 is 19.4 Å². The van der Waals surface area contributed by atoms with Crippen LogP contribution in [0.25, 0.3) is 0 Å². The summed E-state index contributed by atoms with van der Waals surface area (Å²) < 4.78 is 10.9. The van der Waals surface area contributed by atoms with Crippen molar-refractivity contribution in [1.29, 1.82) is 0 Å². The Bertz CT molecular complexity index is 877. The number of esters is 1. The number of ether oxygens (including phenoxy) is 2. The molecule has 1 heterocycles. The molecular formula is C21H17NO4. The molecule has 26 heavy (non-hydrogen) atoms. The third-order valence-corrected chi connectivity index (χ3v) is 3.61.